The van der Waals surface area contributed by atoms with E-state index in [0.717, 1.165) is 68.9 Å². The van der Waals surface area contributed by atoms with Gasteiger partial charge in [-0.3, -0.25) is 9.69 Å². The van der Waals surface area contributed by atoms with E-state index in [-0.39, 0.29) is 5.91 Å². The second-order valence-corrected chi connectivity index (χ2v) is 9.15. The summed E-state index contributed by atoms with van der Waals surface area (Å²) in [7, 11) is 2.18. The van der Waals surface area contributed by atoms with Crippen molar-refractivity contribution >= 4 is 5.91 Å². The Morgan fingerprint density at radius 1 is 1.06 bits per heavy atom. The lowest BCUT2D eigenvalue weighted by Crippen LogP contribution is -2.28. The van der Waals surface area contributed by atoms with Gasteiger partial charge in [-0.15, -0.1) is 0 Å². The third-order valence-corrected chi connectivity index (χ3v) is 6.58. The van der Waals surface area contributed by atoms with Crippen molar-refractivity contribution < 1.29 is 4.79 Å². The second kappa shape index (κ2) is 9.64. The van der Waals surface area contributed by atoms with Gasteiger partial charge < -0.3 is 9.80 Å². The third kappa shape index (κ3) is 5.15. The SMILES string of the molecule is CC1CCN(C(=O)c2ccc(-c3ccc(CN4CCCN(C)CC4)cc3C#N)cc2)C1. The van der Waals surface area contributed by atoms with Gasteiger partial charge in [0.1, 0.15) is 0 Å². The number of nitrogens with zero attached hydrogens (tertiary/aromatic N) is 4. The van der Waals surface area contributed by atoms with Gasteiger partial charge in [-0.25, -0.2) is 0 Å². The minimum absolute atomic E-state index is 0.106. The standard InChI is InChI=1S/C26H32N4O/c1-20-10-13-30(18-20)26(31)23-7-5-22(6-8-23)25-9-4-21(16-24(25)17-27)19-29-12-3-11-28(2)14-15-29/h4-9,16,20H,3,10-15,18-19H2,1-2H3. The smallest absolute Gasteiger partial charge is 0.253 e. The molecule has 2 fully saturated rings. The highest BCUT2D eigenvalue weighted by Gasteiger charge is 2.24. The zero-order valence-corrected chi connectivity index (χ0v) is 18.7. The molecule has 2 aromatic carbocycles. The van der Waals surface area contributed by atoms with Crippen molar-refractivity contribution in [2.45, 2.75) is 26.3 Å². The van der Waals surface area contributed by atoms with Crippen LogP contribution in [-0.4, -0.2) is 66.9 Å². The molecule has 4 rings (SSSR count). The number of likely N-dealkylation sites (tertiary alicyclic amines) is 1. The number of hydrogen-bond acceptors (Lipinski definition) is 4. The molecule has 0 aromatic heterocycles. The number of carbonyl (C=O) groups is 1. The van der Waals surface area contributed by atoms with Crippen molar-refractivity contribution in [3.05, 3.63) is 59.2 Å². The second-order valence-electron chi connectivity index (χ2n) is 9.15. The summed E-state index contributed by atoms with van der Waals surface area (Å²) in [5.41, 5.74) is 4.50. The molecule has 1 amide bonds. The molecule has 5 heteroatoms. The van der Waals surface area contributed by atoms with Crippen molar-refractivity contribution in [2.24, 2.45) is 5.92 Å². The van der Waals surface area contributed by atoms with Gasteiger partial charge in [0.25, 0.3) is 5.91 Å². The zero-order chi connectivity index (χ0) is 21.8. The average Bonchev–Trinajstić information content (AvgIpc) is 3.12. The predicted molar refractivity (Wildman–Crippen MR) is 124 cm³/mol. The van der Waals surface area contributed by atoms with Crippen LogP contribution in [0.1, 0.15) is 41.3 Å². The molecule has 1 unspecified atom stereocenters. The predicted octanol–water partition coefficient (Wildman–Crippen LogP) is 3.84. The quantitative estimate of drug-likeness (QED) is 0.760. The molecule has 0 spiro atoms. The zero-order valence-electron chi connectivity index (χ0n) is 18.7. The summed E-state index contributed by atoms with van der Waals surface area (Å²) < 4.78 is 0. The molecule has 2 aliphatic heterocycles. The van der Waals surface area contributed by atoms with Crippen molar-refractivity contribution in [2.75, 3.05) is 46.3 Å². The van der Waals surface area contributed by atoms with E-state index in [1.807, 2.05) is 35.2 Å². The fraction of sp³-hybridized carbons (Fsp3) is 0.462. The minimum Gasteiger partial charge on any atom is -0.338 e. The molecule has 2 heterocycles. The molecule has 0 saturated carbocycles. The Balaban J connectivity index is 1.48. The Kier molecular flexibility index (Phi) is 6.70. The first kappa shape index (κ1) is 21.5. The van der Waals surface area contributed by atoms with Crippen LogP contribution in [0.3, 0.4) is 0 Å². The van der Waals surface area contributed by atoms with Gasteiger partial charge in [-0.05, 0) is 73.8 Å². The molecule has 1 atom stereocenters. The maximum Gasteiger partial charge on any atom is 0.253 e. The summed E-state index contributed by atoms with van der Waals surface area (Å²) in [6.07, 6.45) is 2.26. The molecule has 2 aliphatic rings. The van der Waals surface area contributed by atoms with E-state index in [1.165, 1.54) is 12.0 Å². The highest BCUT2D eigenvalue weighted by molar-refractivity contribution is 5.95. The fourth-order valence-electron chi connectivity index (χ4n) is 4.64. The van der Waals surface area contributed by atoms with E-state index in [1.54, 1.807) is 0 Å². The van der Waals surface area contributed by atoms with E-state index >= 15 is 0 Å². The molecular weight excluding hydrogens is 384 g/mol. The number of rotatable bonds is 4. The highest BCUT2D eigenvalue weighted by Crippen LogP contribution is 2.26. The summed E-state index contributed by atoms with van der Waals surface area (Å²) in [6, 6.07) is 16.3. The highest BCUT2D eigenvalue weighted by atomic mass is 16.2. The molecule has 31 heavy (non-hydrogen) atoms. The van der Waals surface area contributed by atoms with Crippen molar-refractivity contribution in [1.82, 2.24) is 14.7 Å². The van der Waals surface area contributed by atoms with Crippen LogP contribution >= 0.6 is 0 Å². The number of hydrogen-bond donors (Lipinski definition) is 0. The van der Waals surface area contributed by atoms with Gasteiger partial charge in [0, 0.05) is 38.3 Å². The fourth-order valence-corrected chi connectivity index (χ4v) is 4.64. The Hall–Kier alpha value is -2.68. The lowest BCUT2D eigenvalue weighted by molar-refractivity contribution is 0.0788. The van der Waals surface area contributed by atoms with Crippen LogP contribution in [0.15, 0.2) is 42.5 Å². The topological polar surface area (TPSA) is 50.6 Å². The van der Waals surface area contributed by atoms with Crippen LogP contribution in [0, 0.1) is 17.2 Å². The summed E-state index contributed by atoms with van der Waals surface area (Å²) >= 11 is 0. The van der Waals surface area contributed by atoms with Crippen LogP contribution in [0.5, 0.6) is 0 Å². The van der Waals surface area contributed by atoms with Gasteiger partial charge in [0.05, 0.1) is 11.6 Å². The number of nitriles is 1. The monoisotopic (exact) mass is 416 g/mol. The van der Waals surface area contributed by atoms with Crippen LogP contribution in [0.4, 0.5) is 0 Å². The Morgan fingerprint density at radius 2 is 1.87 bits per heavy atom. The minimum atomic E-state index is 0.106. The maximum atomic E-state index is 12.7. The van der Waals surface area contributed by atoms with E-state index < -0.39 is 0 Å². The van der Waals surface area contributed by atoms with E-state index in [2.05, 4.69) is 42.0 Å². The van der Waals surface area contributed by atoms with E-state index in [4.69, 9.17) is 0 Å². The van der Waals surface area contributed by atoms with E-state index in [0.29, 0.717) is 11.5 Å². The van der Waals surface area contributed by atoms with Gasteiger partial charge in [0.15, 0.2) is 0 Å². The van der Waals surface area contributed by atoms with Crippen LogP contribution in [0.2, 0.25) is 0 Å². The summed E-state index contributed by atoms with van der Waals surface area (Å²) in [5, 5.41) is 9.77. The van der Waals surface area contributed by atoms with E-state index in [9.17, 15) is 10.1 Å². The number of likely N-dealkylation sites (N-methyl/N-ethyl adjacent to an activating group) is 1. The molecule has 0 aliphatic carbocycles. The first-order chi connectivity index (χ1) is 15.0. The molecule has 5 nitrogen and oxygen atoms in total. The summed E-state index contributed by atoms with van der Waals surface area (Å²) in [6.45, 7) is 9.14. The third-order valence-electron chi connectivity index (χ3n) is 6.58. The average molecular weight is 417 g/mol. The molecule has 2 aromatic rings. The van der Waals surface area contributed by atoms with Gasteiger partial charge in [0.2, 0.25) is 0 Å². The Bertz CT molecular complexity index is 962. The Morgan fingerprint density at radius 3 is 2.58 bits per heavy atom. The number of carbonyl (C=O) groups excluding carboxylic acids is 1. The molecule has 0 N–H and O–H groups in total. The Labute approximate surface area is 185 Å². The first-order valence-electron chi connectivity index (χ1n) is 11.4. The molecule has 0 bridgehead atoms. The molecule has 0 radical (unpaired) electrons. The summed E-state index contributed by atoms with van der Waals surface area (Å²) in [5.74, 6) is 0.685. The van der Waals surface area contributed by atoms with Gasteiger partial charge >= 0.3 is 0 Å². The van der Waals surface area contributed by atoms with Gasteiger partial charge in [-0.2, -0.15) is 5.26 Å². The first-order valence-corrected chi connectivity index (χ1v) is 11.4. The molecular formula is C26H32N4O. The number of benzene rings is 2. The van der Waals surface area contributed by atoms with Crippen LogP contribution < -0.4 is 0 Å². The largest absolute Gasteiger partial charge is 0.338 e. The number of amides is 1. The lowest BCUT2D eigenvalue weighted by Gasteiger charge is -2.20. The van der Waals surface area contributed by atoms with Crippen molar-refractivity contribution in [3.8, 4) is 17.2 Å². The van der Waals surface area contributed by atoms with Crippen LogP contribution in [0.25, 0.3) is 11.1 Å². The lowest BCUT2D eigenvalue weighted by atomic mass is 9.97. The van der Waals surface area contributed by atoms with Crippen LogP contribution in [-0.2, 0) is 6.54 Å². The maximum absolute atomic E-state index is 12.7. The van der Waals surface area contributed by atoms with Crippen molar-refractivity contribution in [3.63, 3.8) is 0 Å². The van der Waals surface area contributed by atoms with Crippen molar-refractivity contribution in [1.29, 1.82) is 5.26 Å². The normalized spacial score (nSPS) is 20.4. The molecule has 2 saturated heterocycles. The van der Waals surface area contributed by atoms with Gasteiger partial charge in [-0.1, -0.05) is 31.2 Å². The molecule has 162 valence electrons. The summed E-state index contributed by atoms with van der Waals surface area (Å²) in [4.78, 5) is 19.5.